The second kappa shape index (κ2) is 14.1. The average Bonchev–Trinajstić information content (AvgIpc) is 2.98. The molecule has 2 heterocycles. The first kappa shape index (κ1) is 29.4. The predicted molar refractivity (Wildman–Crippen MR) is 156 cm³/mol. The van der Waals surface area contributed by atoms with Crippen LogP contribution in [0.25, 0.3) is 11.4 Å². The summed E-state index contributed by atoms with van der Waals surface area (Å²) in [6.45, 7) is 10.7. The Morgan fingerprint density at radius 3 is 2.35 bits per heavy atom. The number of piperazine rings is 1. The maximum Gasteiger partial charge on any atom is 0.244 e. The van der Waals surface area contributed by atoms with Crippen molar-refractivity contribution in [2.45, 2.75) is 58.8 Å². The van der Waals surface area contributed by atoms with E-state index in [-0.39, 0.29) is 29.8 Å². The molecule has 1 fully saturated rings. The summed E-state index contributed by atoms with van der Waals surface area (Å²) in [6, 6.07) is 19.4. The van der Waals surface area contributed by atoms with E-state index in [0.717, 1.165) is 17.5 Å². The highest BCUT2D eigenvalue weighted by Gasteiger charge is 2.41. The van der Waals surface area contributed by atoms with Gasteiger partial charge in [-0.15, -0.1) is 0 Å². The van der Waals surface area contributed by atoms with Crippen LogP contribution in [0.4, 0.5) is 0 Å². The molecule has 1 aliphatic rings. The zero-order valence-electron chi connectivity index (χ0n) is 24.0. The van der Waals surface area contributed by atoms with Crippen LogP contribution < -0.4 is 5.32 Å². The van der Waals surface area contributed by atoms with Crippen LogP contribution in [-0.4, -0.2) is 70.0 Å². The maximum absolute atomic E-state index is 13.7. The van der Waals surface area contributed by atoms with Crippen molar-refractivity contribution in [3.63, 3.8) is 0 Å². The smallest absolute Gasteiger partial charge is 0.244 e. The Bertz CT molecular complexity index is 1220. The third kappa shape index (κ3) is 7.31. The standard InChI is InChI=1S/C32H41N5O3/c1-5-40-19-16-28(26-10-7-6-8-11-26)36-21-24(4)37(32(39)23(2)3)29(22-36)31(38)35-20-25-12-14-27(15-13-25)30-33-17-9-18-34-30/h6-15,17-18,23-24,28-29H,5,16,19-22H2,1-4H3,(H,35,38)/t24-,28?,29-/m1/s1. The Balaban J connectivity index is 1.51. The summed E-state index contributed by atoms with van der Waals surface area (Å²) in [4.78, 5) is 39.8. The Hall–Kier alpha value is -3.62. The van der Waals surface area contributed by atoms with E-state index >= 15 is 0 Å². The molecule has 0 bridgehead atoms. The summed E-state index contributed by atoms with van der Waals surface area (Å²) in [6.07, 6.45) is 4.25. The summed E-state index contributed by atoms with van der Waals surface area (Å²) in [5, 5.41) is 3.11. The topological polar surface area (TPSA) is 87.7 Å². The van der Waals surface area contributed by atoms with Crippen LogP contribution in [0.15, 0.2) is 73.1 Å². The second-order valence-corrected chi connectivity index (χ2v) is 10.6. The van der Waals surface area contributed by atoms with E-state index in [1.54, 1.807) is 23.4 Å². The second-order valence-electron chi connectivity index (χ2n) is 10.6. The number of hydrogen-bond donors (Lipinski definition) is 1. The lowest BCUT2D eigenvalue weighted by Crippen LogP contribution is -2.65. The van der Waals surface area contributed by atoms with Gasteiger partial charge >= 0.3 is 0 Å². The molecule has 3 aromatic rings. The quantitative estimate of drug-likeness (QED) is 0.359. The molecule has 3 atom stereocenters. The van der Waals surface area contributed by atoms with Crippen molar-refractivity contribution in [2.75, 3.05) is 26.3 Å². The minimum Gasteiger partial charge on any atom is -0.382 e. The van der Waals surface area contributed by atoms with Crippen LogP contribution in [0.5, 0.6) is 0 Å². The molecule has 0 saturated carbocycles. The van der Waals surface area contributed by atoms with Crippen molar-refractivity contribution in [3.05, 3.63) is 84.2 Å². The number of hydrogen-bond acceptors (Lipinski definition) is 6. The molecule has 1 saturated heterocycles. The van der Waals surface area contributed by atoms with E-state index in [2.05, 4.69) is 32.3 Å². The first-order valence-electron chi connectivity index (χ1n) is 14.2. The number of rotatable bonds is 11. The van der Waals surface area contributed by atoms with Crippen LogP contribution >= 0.6 is 0 Å². The molecule has 1 aliphatic heterocycles. The van der Waals surface area contributed by atoms with Crippen LogP contribution in [-0.2, 0) is 20.9 Å². The van der Waals surface area contributed by atoms with Gasteiger partial charge in [0, 0.05) is 68.8 Å². The molecule has 0 radical (unpaired) electrons. The molecule has 8 heteroatoms. The Kier molecular flexibility index (Phi) is 10.4. The Labute approximate surface area is 237 Å². The molecule has 1 N–H and O–H groups in total. The van der Waals surface area contributed by atoms with E-state index in [1.807, 2.05) is 70.2 Å². The molecule has 4 rings (SSSR count). The van der Waals surface area contributed by atoms with E-state index in [9.17, 15) is 9.59 Å². The Morgan fingerprint density at radius 2 is 1.70 bits per heavy atom. The van der Waals surface area contributed by atoms with Gasteiger partial charge in [-0.2, -0.15) is 0 Å². The minimum atomic E-state index is -0.589. The van der Waals surface area contributed by atoms with Gasteiger partial charge in [-0.05, 0) is 37.5 Å². The molecule has 40 heavy (non-hydrogen) atoms. The van der Waals surface area contributed by atoms with Gasteiger partial charge in [0.05, 0.1) is 0 Å². The lowest BCUT2D eigenvalue weighted by molar-refractivity contribution is -0.151. The average molecular weight is 544 g/mol. The van der Waals surface area contributed by atoms with Gasteiger partial charge in [0.25, 0.3) is 0 Å². The third-order valence-electron chi connectivity index (χ3n) is 7.38. The maximum atomic E-state index is 13.7. The number of aromatic nitrogens is 2. The van der Waals surface area contributed by atoms with Gasteiger partial charge in [-0.3, -0.25) is 14.5 Å². The molecule has 2 aromatic carbocycles. The van der Waals surface area contributed by atoms with Gasteiger partial charge < -0.3 is 15.0 Å². The monoisotopic (exact) mass is 543 g/mol. The SMILES string of the molecule is CCOCCC(c1ccccc1)N1C[C@@H](C)N(C(=O)C(C)C)[C@@H](C(=O)NCc2ccc(-c3ncccn3)cc2)C1. The molecular formula is C32H41N5O3. The fourth-order valence-corrected chi connectivity index (χ4v) is 5.35. The number of nitrogens with zero attached hydrogens (tertiary/aromatic N) is 4. The first-order valence-corrected chi connectivity index (χ1v) is 14.2. The van der Waals surface area contributed by atoms with Gasteiger partial charge in [0.15, 0.2) is 5.82 Å². The number of benzene rings is 2. The fourth-order valence-electron chi connectivity index (χ4n) is 5.35. The Morgan fingerprint density at radius 1 is 1.00 bits per heavy atom. The van der Waals surface area contributed by atoms with Gasteiger partial charge in [0.2, 0.25) is 11.8 Å². The van der Waals surface area contributed by atoms with Crippen molar-refractivity contribution in [1.29, 1.82) is 0 Å². The van der Waals surface area contributed by atoms with Gasteiger partial charge in [0.1, 0.15) is 6.04 Å². The van der Waals surface area contributed by atoms with Gasteiger partial charge in [-0.25, -0.2) is 9.97 Å². The molecular weight excluding hydrogens is 502 g/mol. The van der Waals surface area contributed by atoms with E-state index < -0.39 is 6.04 Å². The molecule has 2 amide bonds. The summed E-state index contributed by atoms with van der Waals surface area (Å²) in [5.74, 6) is 0.331. The van der Waals surface area contributed by atoms with E-state index in [4.69, 9.17) is 4.74 Å². The molecule has 1 unspecified atom stereocenters. The highest BCUT2D eigenvalue weighted by Crippen LogP contribution is 2.30. The molecule has 212 valence electrons. The summed E-state index contributed by atoms with van der Waals surface area (Å²) < 4.78 is 5.71. The highest BCUT2D eigenvalue weighted by atomic mass is 16.5. The van der Waals surface area contributed by atoms with Crippen LogP contribution in [0.1, 0.15) is 51.3 Å². The van der Waals surface area contributed by atoms with Crippen molar-refractivity contribution in [3.8, 4) is 11.4 Å². The number of ether oxygens (including phenoxy) is 1. The molecule has 0 aliphatic carbocycles. The van der Waals surface area contributed by atoms with E-state index in [0.29, 0.717) is 38.7 Å². The van der Waals surface area contributed by atoms with Crippen molar-refractivity contribution in [2.24, 2.45) is 5.92 Å². The molecule has 1 aromatic heterocycles. The number of carbonyl (C=O) groups is 2. The highest BCUT2D eigenvalue weighted by molar-refractivity contribution is 5.89. The lowest BCUT2D eigenvalue weighted by atomic mass is 9.96. The predicted octanol–water partition coefficient (Wildman–Crippen LogP) is 4.49. The van der Waals surface area contributed by atoms with Crippen LogP contribution in [0.3, 0.4) is 0 Å². The van der Waals surface area contributed by atoms with Gasteiger partial charge in [-0.1, -0.05) is 68.4 Å². The van der Waals surface area contributed by atoms with Crippen LogP contribution in [0.2, 0.25) is 0 Å². The lowest BCUT2D eigenvalue weighted by Gasteiger charge is -2.48. The zero-order chi connectivity index (χ0) is 28.5. The summed E-state index contributed by atoms with van der Waals surface area (Å²) >= 11 is 0. The molecule has 0 spiro atoms. The fraction of sp³-hybridized carbons (Fsp3) is 0.438. The normalized spacial score (nSPS) is 18.5. The van der Waals surface area contributed by atoms with Crippen LogP contribution in [0, 0.1) is 5.92 Å². The van der Waals surface area contributed by atoms with Crippen molar-refractivity contribution in [1.82, 2.24) is 25.1 Å². The zero-order valence-corrected chi connectivity index (χ0v) is 24.0. The summed E-state index contributed by atoms with van der Waals surface area (Å²) in [5.41, 5.74) is 3.08. The first-order chi connectivity index (χ1) is 19.4. The van der Waals surface area contributed by atoms with E-state index in [1.165, 1.54) is 5.56 Å². The molecule has 8 nitrogen and oxygen atoms in total. The van der Waals surface area contributed by atoms with Crippen molar-refractivity contribution >= 4 is 11.8 Å². The minimum absolute atomic E-state index is 0.00471. The number of nitrogens with one attached hydrogen (secondary N) is 1. The van der Waals surface area contributed by atoms with Crippen molar-refractivity contribution < 1.29 is 14.3 Å². The number of amides is 2. The largest absolute Gasteiger partial charge is 0.382 e. The number of carbonyl (C=O) groups excluding carboxylic acids is 2. The third-order valence-corrected chi connectivity index (χ3v) is 7.38. The summed E-state index contributed by atoms with van der Waals surface area (Å²) in [7, 11) is 0.